The molecule has 56 valence electrons. The first kappa shape index (κ1) is 7.53. The Labute approximate surface area is 60.8 Å². The summed E-state index contributed by atoms with van der Waals surface area (Å²) in [5.74, 6) is 0.551. The minimum absolute atomic E-state index is 0.194. The second-order valence-corrected chi connectivity index (χ2v) is 2.97. The van der Waals surface area contributed by atoms with Gasteiger partial charge in [-0.15, -0.1) is 0 Å². The predicted molar refractivity (Wildman–Crippen MR) is 37.0 cm³/mol. The Kier molecular flexibility index (Phi) is 2.68. The van der Waals surface area contributed by atoms with Crippen LogP contribution in [0.2, 0.25) is 0 Å². The Morgan fingerprint density at radius 3 is 2.70 bits per heavy atom. The summed E-state index contributed by atoms with van der Waals surface area (Å²) in [6, 6.07) is 2.11. The lowest BCUT2D eigenvalue weighted by Gasteiger charge is -2.11. The highest BCUT2D eigenvalue weighted by Gasteiger charge is 2.26. The monoisotopic (exact) mass is 141 g/mol. The fraction of sp³-hybridized carbons (Fsp3) is 0.875. The van der Waals surface area contributed by atoms with Gasteiger partial charge in [-0.1, -0.05) is 6.42 Å². The van der Waals surface area contributed by atoms with Crippen molar-refractivity contribution in [1.82, 2.24) is 0 Å². The lowest BCUT2D eigenvalue weighted by molar-refractivity contribution is 0.298. The molecule has 0 N–H and O–H groups in total. The molecule has 0 radical (unpaired) electrons. The quantitative estimate of drug-likeness (QED) is 0.578. The number of halogens is 1. The molecule has 0 aromatic heterocycles. The largest absolute Gasteiger partial charge is 0.251 e. The molecular formula is C8H12FN. The SMILES string of the molecule is N#CCC1CCCC1CF. The Bertz CT molecular complexity index is 139. The Morgan fingerprint density at radius 1 is 1.40 bits per heavy atom. The molecule has 0 amide bonds. The summed E-state index contributed by atoms with van der Waals surface area (Å²) in [6.07, 6.45) is 3.71. The molecule has 2 unspecified atom stereocenters. The van der Waals surface area contributed by atoms with E-state index in [1.807, 2.05) is 0 Å². The molecule has 1 fully saturated rings. The van der Waals surface area contributed by atoms with Gasteiger partial charge in [0.1, 0.15) is 0 Å². The van der Waals surface area contributed by atoms with E-state index in [2.05, 4.69) is 6.07 Å². The van der Waals surface area contributed by atoms with Crippen LogP contribution < -0.4 is 0 Å². The summed E-state index contributed by atoms with van der Waals surface area (Å²) in [4.78, 5) is 0. The summed E-state index contributed by atoms with van der Waals surface area (Å²) in [5.41, 5.74) is 0. The summed E-state index contributed by atoms with van der Waals surface area (Å²) in [7, 11) is 0. The molecule has 1 aliphatic rings. The van der Waals surface area contributed by atoms with Crippen LogP contribution in [0.25, 0.3) is 0 Å². The van der Waals surface area contributed by atoms with Crippen molar-refractivity contribution in [2.75, 3.05) is 6.67 Å². The van der Waals surface area contributed by atoms with Crippen molar-refractivity contribution >= 4 is 0 Å². The molecular weight excluding hydrogens is 129 g/mol. The van der Waals surface area contributed by atoms with Gasteiger partial charge in [-0.05, 0) is 24.7 Å². The topological polar surface area (TPSA) is 23.8 Å². The molecule has 0 spiro atoms. The molecule has 0 aromatic rings. The van der Waals surface area contributed by atoms with Gasteiger partial charge in [0.25, 0.3) is 0 Å². The molecule has 2 atom stereocenters. The van der Waals surface area contributed by atoms with Crippen LogP contribution in [-0.2, 0) is 0 Å². The van der Waals surface area contributed by atoms with Crippen molar-refractivity contribution in [2.24, 2.45) is 11.8 Å². The Morgan fingerprint density at radius 2 is 2.10 bits per heavy atom. The average Bonchev–Trinajstić information content (AvgIpc) is 2.36. The van der Waals surface area contributed by atoms with Crippen molar-refractivity contribution in [3.63, 3.8) is 0 Å². The minimum Gasteiger partial charge on any atom is -0.251 e. The van der Waals surface area contributed by atoms with Gasteiger partial charge in [0, 0.05) is 6.42 Å². The van der Waals surface area contributed by atoms with Gasteiger partial charge in [-0.25, -0.2) is 0 Å². The van der Waals surface area contributed by atoms with Crippen molar-refractivity contribution in [3.8, 4) is 6.07 Å². The summed E-state index contributed by atoms with van der Waals surface area (Å²) < 4.78 is 12.2. The molecule has 2 heteroatoms. The van der Waals surface area contributed by atoms with Crippen LogP contribution in [0.5, 0.6) is 0 Å². The number of alkyl halides is 1. The van der Waals surface area contributed by atoms with Gasteiger partial charge < -0.3 is 0 Å². The van der Waals surface area contributed by atoms with Crippen LogP contribution in [0, 0.1) is 23.2 Å². The van der Waals surface area contributed by atoms with Crippen LogP contribution in [0.4, 0.5) is 4.39 Å². The number of nitrogens with zero attached hydrogens (tertiary/aromatic N) is 1. The zero-order valence-electron chi connectivity index (χ0n) is 6.02. The van der Waals surface area contributed by atoms with Gasteiger partial charge in [0.15, 0.2) is 0 Å². The summed E-state index contributed by atoms with van der Waals surface area (Å²) in [6.45, 7) is -0.230. The average molecular weight is 141 g/mol. The summed E-state index contributed by atoms with van der Waals surface area (Å²) in [5, 5.41) is 8.37. The highest BCUT2D eigenvalue weighted by atomic mass is 19.1. The highest BCUT2D eigenvalue weighted by Crippen LogP contribution is 2.33. The van der Waals surface area contributed by atoms with E-state index in [4.69, 9.17) is 5.26 Å². The van der Waals surface area contributed by atoms with Gasteiger partial charge in [-0.3, -0.25) is 4.39 Å². The van der Waals surface area contributed by atoms with Crippen LogP contribution in [-0.4, -0.2) is 6.67 Å². The van der Waals surface area contributed by atoms with Crippen molar-refractivity contribution in [3.05, 3.63) is 0 Å². The molecule has 0 heterocycles. The predicted octanol–water partition coefficient (Wildman–Crippen LogP) is 2.29. The van der Waals surface area contributed by atoms with E-state index in [1.54, 1.807) is 0 Å². The van der Waals surface area contributed by atoms with Gasteiger partial charge in [0.05, 0.1) is 12.7 Å². The number of hydrogen-bond acceptors (Lipinski definition) is 1. The van der Waals surface area contributed by atoms with E-state index in [0.29, 0.717) is 12.3 Å². The van der Waals surface area contributed by atoms with Gasteiger partial charge in [-0.2, -0.15) is 5.26 Å². The van der Waals surface area contributed by atoms with Crippen LogP contribution >= 0.6 is 0 Å². The van der Waals surface area contributed by atoms with E-state index in [-0.39, 0.29) is 12.6 Å². The molecule has 1 aliphatic carbocycles. The first-order chi connectivity index (χ1) is 4.88. The molecule has 10 heavy (non-hydrogen) atoms. The van der Waals surface area contributed by atoms with E-state index < -0.39 is 0 Å². The van der Waals surface area contributed by atoms with E-state index in [9.17, 15) is 4.39 Å². The third kappa shape index (κ3) is 1.47. The Balaban J connectivity index is 2.36. The van der Waals surface area contributed by atoms with Crippen LogP contribution in [0.3, 0.4) is 0 Å². The fourth-order valence-electron chi connectivity index (χ4n) is 1.70. The molecule has 1 nitrogen and oxygen atoms in total. The number of nitriles is 1. The maximum absolute atomic E-state index is 12.2. The van der Waals surface area contributed by atoms with Gasteiger partial charge in [0.2, 0.25) is 0 Å². The van der Waals surface area contributed by atoms with Crippen molar-refractivity contribution in [1.29, 1.82) is 5.26 Å². The lowest BCUT2D eigenvalue weighted by atomic mass is 9.95. The first-order valence-electron chi connectivity index (χ1n) is 3.81. The zero-order valence-corrected chi connectivity index (χ0v) is 6.02. The minimum atomic E-state index is -0.230. The molecule has 1 rings (SSSR count). The van der Waals surface area contributed by atoms with E-state index in [0.717, 1.165) is 19.3 Å². The number of hydrogen-bond donors (Lipinski definition) is 0. The molecule has 0 aliphatic heterocycles. The third-order valence-corrected chi connectivity index (χ3v) is 2.37. The highest BCUT2D eigenvalue weighted by molar-refractivity contribution is 4.84. The maximum Gasteiger partial charge on any atom is 0.0925 e. The molecule has 0 aromatic carbocycles. The fourth-order valence-corrected chi connectivity index (χ4v) is 1.70. The second kappa shape index (κ2) is 3.55. The maximum atomic E-state index is 12.2. The first-order valence-corrected chi connectivity index (χ1v) is 3.81. The van der Waals surface area contributed by atoms with Gasteiger partial charge >= 0.3 is 0 Å². The third-order valence-electron chi connectivity index (χ3n) is 2.37. The van der Waals surface area contributed by atoms with E-state index in [1.165, 1.54) is 0 Å². The smallest absolute Gasteiger partial charge is 0.0925 e. The van der Waals surface area contributed by atoms with E-state index >= 15 is 0 Å². The standard InChI is InChI=1S/C8H12FN/c9-6-8-3-1-2-7(8)4-5-10/h7-8H,1-4,6H2. The summed E-state index contributed by atoms with van der Waals surface area (Å²) >= 11 is 0. The van der Waals surface area contributed by atoms with Crippen LogP contribution in [0.1, 0.15) is 25.7 Å². The second-order valence-electron chi connectivity index (χ2n) is 2.97. The van der Waals surface area contributed by atoms with Crippen LogP contribution in [0.15, 0.2) is 0 Å². The van der Waals surface area contributed by atoms with Crippen molar-refractivity contribution in [2.45, 2.75) is 25.7 Å². The molecule has 0 bridgehead atoms. The zero-order chi connectivity index (χ0) is 7.40. The number of rotatable bonds is 2. The normalized spacial score (nSPS) is 32.0. The van der Waals surface area contributed by atoms with Crippen molar-refractivity contribution < 1.29 is 4.39 Å². The Hall–Kier alpha value is -0.580. The molecule has 1 saturated carbocycles. The lowest BCUT2D eigenvalue weighted by Crippen LogP contribution is -2.08. The molecule has 0 saturated heterocycles.